The van der Waals surface area contributed by atoms with E-state index in [1.54, 1.807) is 32.3 Å². The van der Waals surface area contributed by atoms with Crippen LogP contribution >= 0.6 is 0 Å². The summed E-state index contributed by atoms with van der Waals surface area (Å²) in [5.74, 6) is 6.10. The third-order valence-corrected chi connectivity index (χ3v) is 8.07. The number of hydrogen-bond acceptors (Lipinski definition) is 6. The molecular weight excluding hydrogens is 418 g/mol. The van der Waals surface area contributed by atoms with Gasteiger partial charge in [0, 0.05) is 50.6 Å². The zero-order valence-electron chi connectivity index (χ0n) is 18.3. The van der Waals surface area contributed by atoms with Gasteiger partial charge in [-0.2, -0.15) is 4.31 Å². The van der Waals surface area contributed by atoms with Crippen LogP contribution in [-0.4, -0.2) is 75.5 Å². The molecule has 2 aliphatic rings. The molecule has 1 saturated heterocycles. The number of amides is 3. The fourth-order valence-electron chi connectivity index (χ4n) is 3.73. The minimum atomic E-state index is -4.11. The van der Waals surface area contributed by atoms with Gasteiger partial charge in [0.1, 0.15) is 5.82 Å². The highest BCUT2D eigenvalue weighted by atomic mass is 32.2. The molecule has 1 unspecified atom stereocenters. The number of likely N-dealkylation sites (N-methyl/N-ethyl adjacent to an activating group) is 2. The molecule has 166 valence electrons. The van der Waals surface area contributed by atoms with Crippen LogP contribution in [-0.2, 0) is 21.2 Å². The van der Waals surface area contributed by atoms with Crippen molar-refractivity contribution >= 4 is 22.0 Å². The Labute approximate surface area is 183 Å². The Hall–Kier alpha value is -2.77. The summed E-state index contributed by atoms with van der Waals surface area (Å²) in [6.07, 6.45) is 6.25. The lowest BCUT2D eigenvalue weighted by Crippen LogP contribution is -2.59. The molecule has 3 heterocycles. The normalized spacial score (nSPS) is 22.4. The average molecular weight is 446 g/mol. The van der Waals surface area contributed by atoms with E-state index in [9.17, 15) is 18.0 Å². The van der Waals surface area contributed by atoms with Crippen LogP contribution in [0.3, 0.4) is 0 Å². The molecule has 0 saturated carbocycles. The number of nitrogens with zero attached hydrogens (tertiary/aromatic N) is 5. The van der Waals surface area contributed by atoms with Gasteiger partial charge >= 0.3 is 6.03 Å². The van der Waals surface area contributed by atoms with Gasteiger partial charge in [-0.15, -0.1) is 0 Å². The van der Waals surface area contributed by atoms with Gasteiger partial charge in [-0.05, 0) is 27.2 Å². The fraction of sp³-hybridized carbons (Fsp3) is 0.524. The number of aryl methyl sites for hydroxylation is 1. The Bertz CT molecular complexity index is 1070. The van der Waals surface area contributed by atoms with E-state index in [0.29, 0.717) is 12.0 Å². The van der Waals surface area contributed by atoms with Crippen LogP contribution in [0.15, 0.2) is 24.0 Å². The zero-order chi connectivity index (χ0) is 22.8. The molecule has 3 rings (SSSR count). The molecule has 3 amide bonds. The third-order valence-electron chi connectivity index (χ3n) is 5.65. The minimum absolute atomic E-state index is 0.0956. The minimum Gasteiger partial charge on any atom is -0.296 e. The Morgan fingerprint density at radius 1 is 1.10 bits per heavy atom. The topological polar surface area (TPSA) is 104 Å². The first-order valence-electron chi connectivity index (χ1n) is 10.4. The summed E-state index contributed by atoms with van der Waals surface area (Å²) in [6.45, 7) is 7.14. The fourth-order valence-corrected chi connectivity index (χ4v) is 5.66. The number of carbonyl (C=O) groups excluding carboxylic acids is 2. The smallest absolute Gasteiger partial charge is 0.296 e. The summed E-state index contributed by atoms with van der Waals surface area (Å²) in [5.41, 5.74) is 1.50. The third kappa shape index (κ3) is 3.83. The second kappa shape index (κ2) is 8.77. The van der Waals surface area contributed by atoms with E-state index in [2.05, 4.69) is 21.8 Å². The maximum atomic E-state index is 13.4. The van der Waals surface area contributed by atoms with Crippen LogP contribution in [0, 0.1) is 11.8 Å². The predicted octanol–water partition coefficient (Wildman–Crippen LogP) is 1.37. The summed E-state index contributed by atoms with van der Waals surface area (Å²) < 4.78 is 28.1. The number of sulfonamides is 1. The van der Waals surface area contributed by atoms with Gasteiger partial charge in [0.25, 0.3) is 5.91 Å². The molecule has 0 radical (unpaired) electrons. The van der Waals surface area contributed by atoms with Gasteiger partial charge in [-0.25, -0.2) is 23.2 Å². The molecule has 31 heavy (non-hydrogen) atoms. The van der Waals surface area contributed by atoms with Crippen molar-refractivity contribution in [3.8, 4) is 11.8 Å². The molecule has 10 heteroatoms. The number of rotatable bonds is 5. The van der Waals surface area contributed by atoms with Gasteiger partial charge in [0.2, 0.25) is 14.9 Å². The van der Waals surface area contributed by atoms with E-state index in [-0.39, 0.29) is 26.2 Å². The monoisotopic (exact) mass is 445 g/mol. The molecule has 0 aliphatic carbocycles. The van der Waals surface area contributed by atoms with Gasteiger partial charge in [-0.1, -0.05) is 24.8 Å². The molecule has 1 aromatic rings. The van der Waals surface area contributed by atoms with Crippen LogP contribution in [0.25, 0.3) is 0 Å². The molecule has 0 aromatic carbocycles. The lowest BCUT2D eigenvalue weighted by atomic mass is 10.1. The lowest BCUT2D eigenvalue weighted by molar-refractivity contribution is -0.129. The van der Waals surface area contributed by atoms with E-state index >= 15 is 0 Å². The molecule has 0 bridgehead atoms. The van der Waals surface area contributed by atoms with Gasteiger partial charge in [-0.3, -0.25) is 14.6 Å². The first-order valence-corrected chi connectivity index (χ1v) is 11.8. The second-order valence-electron chi connectivity index (χ2n) is 7.39. The van der Waals surface area contributed by atoms with E-state index < -0.39 is 26.8 Å². The van der Waals surface area contributed by atoms with Crippen LogP contribution < -0.4 is 0 Å². The van der Waals surface area contributed by atoms with Crippen LogP contribution in [0.5, 0.6) is 0 Å². The summed E-state index contributed by atoms with van der Waals surface area (Å²) in [5, 5.41) is 0. The molecule has 1 atom stereocenters. The predicted molar refractivity (Wildman–Crippen MR) is 115 cm³/mol. The maximum Gasteiger partial charge on any atom is 0.328 e. The van der Waals surface area contributed by atoms with Gasteiger partial charge in [0.15, 0.2) is 0 Å². The quantitative estimate of drug-likeness (QED) is 0.501. The zero-order valence-corrected chi connectivity index (χ0v) is 19.1. The summed E-state index contributed by atoms with van der Waals surface area (Å²) in [7, 11) is -4.11. The maximum absolute atomic E-state index is 13.4. The first-order chi connectivity index (χ1) is 14.7. The van der Waals surface area contributed by atoms with Crippen molar-refractivity contribution in [2.75, 3.05) is 26.2 Å². The molecule has 1 aromatic heterocycles. The molecular formula is C21H27N5O4S. The largest absolute Gasteiger partial charge is 0.328 e. The Balaban J connectivity index is 1.80. The first kappa shape index (κ1) is 22.9. The van der Waals surface area contributed by atoms with E-state index in [0.717, 1.165) is 27.6 Å². The van der Waals surface area contributed by atoms with Crippen molar-refractivity contribution in [3.63, 3.8) is 0 Å². The highest BCUT2D eigenvalue weighted by Gasteiger charge is 2.63. The molecule has 1 fully saturated rings. The number of urea groups is 1. The Kier molecular flexibility index (Phi) is 6.48. The van der Waals surface area contributed by atoms with Crippen molar-refractivity contribution < 1.29 is 18.0 Å². The average Bonchev–Trinajstić information content (AvgIpc) is 2.98. The van der Waals surface area contributed by atoms with Gasteiger partial charge < -0.3 is 0 Å². The lowest BCUT2D eigenvalue weighted by Gasteiger charge is -2.36. The SMILES string of the molecule is CCc1ncc(C#CC2=CCN(S(=O)(=O)C3(C)C(=O)N(CC)C(=O)N3CC)CC2)cn1. The Morgan fingerprint density at radius 3 is 2.29 bits per heavy atom. The highest BCUT2D eigenvalue weighted by Crippen LogP contribution is 2.35. The summed E-state index contributed by atoms with van der Waals surface area (Å²) in [6, 6.07) is -0.573. The van der Waals surface area contributed by atoms with Crippen molar-refractivity contribution in [2.24, 2.45) is 0 Å². The van der Waals surface area contributed by atoms with E-state index in [1.165, 1.54) is 11.2 Å². The van der Waals surface area contributed by atoms with Crippen molar-refractivity contribution in [2.45, 2.75) is 45.4 Å². The Morgan fingerprint density at radius 2 is 1.77 bits per heavy atom. The van der Waals surface area contributed by atoms with Crippen molar-refractivity contribution in [1.82, 2.24) is 24.1 Å². The van der Waals surface area contributed by atoms with Gasteiger partial charge in [0.05, 0.1) is 5.56 Å². The number of aromatic nitrogens is 2. The summed E-state index contributed by atoms with van der Waals surface area (Å²) >= 11 is 0. The molecule has 2 aliphatic heterocycles. The molecule has 0 spiro atoms. The summed E-state index contributed by atoms with van der Waals surface area (Å²) in [4.78, 5) is 34.0. The van der Waals surface area contributed by atoms with E-state index in [4.69, 9.17) is 0 Å². The van der Waals surface area contributed by atoms with E-state index in [1.807, 2.05) is 6.92 Å². The van der Waals surface area contributed by atoms with Crippen molar-refractivity contribution in [3.05, 3.63) is 35.4 Å². The number of imide groups is 1. The number of carbonyl (C=O) groups is 2. The molecule has 0 N–H and O–H groups in total. The highest BCUT2D eigenvalue weighted by molar-refractivity contribution is 7.91. The molecule has 9 nitrogen and oxygen atoms in total. The van der Waals surface area contributed by atoms with Crippen LogP contribution in [0.1, 0.15) is 45.5 Å². The van der Waals surface area contributed by atoms with Crippen molar-refractivity contribution in [1.29, 1.82) is 0 Å². The van der Waals surface area contributed by atoms with Crippen LogP contribution in [0.2, 0.25) is 0 Å². The standard InChI is InChI=1S/C21H27N5O4S/c1-5-18-22-14-17(15-23-18)9-8-16-10-12-24(13-11-16)31(29,30)21(4)19(27)25(6-2)20(28)26(21)7-3/h10,14-15H,5-7,11-13H2,1-4H3. The second-order valence-corrected chi connectivity index (χ2v) is 9.65. The number of hydrogen-bond donors (Lipinski definition) is 0. The van der Waals surface area contributed by atoms with Crippen LogP contribution in [0.4, 0.5) is 4.79 Å².